The zero-order valence-electron chi connectivity index (χ0n) is 20.7. The lowest BCUT2D eigenvalue weighted by atomic mass is 10.1. The number of aromatic nitrogens is 4. The molecule has 0 radical (unpaired) electrons. The topological polar surface area (TPSA) is 108 Å². The number of fused-ring (bicyclic) bond motifs is 2. The van der Waals surface area contributed by atoms with Crippen molar-refractivity contribution in [2.24, 2.45) is 0 Å². The van der Waals surface area contributed by atoms with Crippen molar-refractivity contribution in [2.75, 3.05) is 41.3 Å². The van der Waals surface area contributed by atoms with Crippen molar-refractivity contribution < 1.29 is 18.7 Å². The van der Waals surface area contributed by atoms with Gasteiger partial charge in [0, 0.05) is 55.7 Å². The summed E-state index contributed by atoms with van der Waals surface area (Å²) in [5.41, 5.74) is 1.76. The van der Waals surface area contributed by atoms with E-state index in [2.05, 4.69) is 25.3 Å². The zero-order valence-corrected chi connectivity index (χ0v) is 20.7. The fraction of sp³-hybridized carbons (Fsp3) is 0.458. The maximum Gasteiger partial charge on any atom is 0.410 e. The highest BCUT2D eigenvalue weighted by Crippen LogP contribution is 2.35. The molecular weight excluding hydrogens is 467 g/mol. The van der Waals surface area contributed by atoms with Gasteiger partial charge in [-0.15, -0.1) is 0 Å². The van der Waals surface area contributed by atoms with Crippen molar-refractivity contribution in [2.45, 2.75) is 45.8 Å². The summed E-state index contributed by atoms with van der Waals surface area (Å²) in [6.07, 6.45) is 4.69. The van der Waals surface area contributed by atoms with Crippen molar-refractivity contribution in [1.82, 2.24) is 24.5 Å². The van der Waals surface area contributed by atoms with Gasteiger partial charge in [-0.3, -0.25) is 4.90 Å². The maximum absolute atomic E-state index is 14.5. The zero-order chi connectivity index (χ0) is 25.6. The van der Waals surface area contributed by atoms with Crippen LogP contribution >= 0.6 is 0 Å². The van der Waals surface area contributed by atoms with E-state index in [1.165, 1.54) is 28.0 Å². The van der Waals surface area contributed by atoms with Crippen LogP contribution in [-0.4, -0.2) is 74.4 Å². The molecule has 12 heteroatoms. The standard InChI is InChI=1S/C24H29FN8O3/c1-15-12-30(9-10-31(15)23(35)36-24(2,3)4)19-5-7-26-21-16(19)6-8-32(21)22(34)29-18-13-33-20(11-17(18)25)27-14-28-33/h5,7,11,13-15H,6,8-10,12H2,1-4H3,(H,29,34)/t15-/m1/s1. The van der Waals surface area contributed by atoms with E-state index in [0.29, 0.717) is 44.1 Å². The number of anilines is 3. The van der Waals surface area contributed by atoms with E-state index < -0.39 is 17.4 Å². The third kappa shape index (κ3) is 4.50. The average Bonchev–Trinajstić information content (AvgIpc) is 3.44. The summed E-state index contributed by atoms with van der Waals surface area (Å²) in [6.45, 7) is 9.78. The first kappa shape index (κ1) is 23.8. The summed E-state index contributed by atoms with van der Waals surface area (Å²) in [5.74, 6) is -0.0451. The number of nitrogens with zero attached hydrogens (tertiary/aromatic N) is 7. The van der Waals surface area contributed by atoms with Gasteiger partial charge in [0.05, 0.1) is 11.9 Å². The van der Waals surface area contributed by atoms with E-state index in [-0.39, 0.29) is 17.8 Å². The van der Waals surface area contributed by atoms with Crippen LogP contribution in [0.5, 0.6) is 0 Å². The minimum Gasteiger partial charge on any atom is -0.444 e. The number of carbonyl (C=O) groups is 2. The lowest BCUT2D eigenvalue weighted by molar-refractivity contribution is 0.0159. The van der Waals surface area contributed by atoms with Crippen LogP contribution in [0.25, 0.3) is 5.65 Å². The molecule has 11 nitrogen and oxygen atoms in total. The molecule has 3 aromatic rings. The number of ether oxygens (including phenoxy) is 1. The molecule has 3 aromatic heterocycles. The second-order valence-corrected chi connectivity index (χ2v) is 10.0. The normalized spacial score (nSPS) is 17.9. The number of carbonyl (C=O) groups excluding carboxylic acids is 2. The number of hydrogen-bond acceptors (Lipinski definition) is 7. The monoisotopic (exact) mass is 496 g/mol. The number of nitrogens with one attached hydrogen (secondary N) is 1. The summed E-state index contributed by atoms with van der Waals surface area (Å²) >= 11 is 0. The molecule has 1 fully saturated rings. The third-order valence-electron chi connectivity index (χ3n) is 6.30. The first-order chi connectivity index (χ1) is 17.1. The highest BCUT2D eigenvalue weighted by Gasteiger charge is 2.34. The van der Waals surface area contributed by atoms with Crippen molar-refractivity contribution in [3.63, 3.8) is 0 Å². The molecule has 0 unspecified atom stereocenters. The Morgan fingerprint density at radius 1 is 1.19 bits per heavy atom. The van der Waals surface area contributed by atoms with Gasteiger partial charge in [0.25, 0.3) is 0 Å². The molecule has 36 heavy (non-hydrogen) atoms. The minimum absolute atomic E-state index is 0.00898. The van der Waals surface area contributed by atoms with Crippen molar-refractivity contribution >= 4 is 35.0 Å². The fourth-order valence-electron chi connectivity index (χ4n) is 4.65. The SMILES string of the molecule is C[C@@H]1CN(c2ccnc3c2CCN3C(=O)Nc2cn3ncnc3cc2F)CCN1C(=O)OC(C)(C)C. The van der Waals surface area contributed by atoms with Gasteiger partial charge in [-0.1, -0.05) is 0 Å². The molecular formula is C24H29FN8O3. The minimum atomic E-state index is -0.596. The number of hydrogen-bond donors (Lipinski definition) is 1. The Morgan fingerprint density at radius 2 is 2.00 bits per heavy atom. The molecule has 0 aromatic carbocycles. The van der Waals surface area contributed by atoms with Gasteiger partial charge >= 0.3 is 12.1 Å². The summed E-state index contributed by atoms with van der Waals surface area (Å²) in [6, 6.07) is 2.64. The summed E-state index contributed by atoms with van der Waals surface area (Å²) in [4.78, 5) is 39.5. The molecule has 0 aliphatic carbocycles. The lowest BCUT2D eigenvalue weighted by Crippen LogP contribution is -2.55. The van der Waals surface area contributed by atoms with Crippen molar-refractivity contribution in [1.29, 1.82) is 0 Å². The Morgan fingerprint density at radius 3 is 2.75 bits per heavy atom. The predicted octanol–water partition coefficient (Wildman–Crippen LogP) is 3.30. The lowest BCUT2D eigenvalue weighted by Gasteiger charge is -2.41. The van der Waals surface area contributed by atoms with Crippen LogP contribution in [0.15, 0.2) is 30.9 Å². The third-order valence-corrected chi connectivity index (χ3v) is 6.30. The first-order valence-corrected chi connectivity index (χ1v) is 11.9. The molecule has 2 aliphatic heterocycles. The average molecular weight is 497 g/mol. The van der Waals surface area contributed by atoms with E-state index in [4.69, 9.17) is 4.74 Å². The number of pyridine rings is 2. The summed E-state index contributed by atoms with van der Waals surface area (Å²) < 4.78 is 21.4. The molecule has 1 saturated heterocycles. The molecule has 0 bridgehead atoms. The van der Waals surface area contributed by atoms with Crippen LogP contribution in [0, 0.1) is 5.82 Å². The van der Waals surface area contributed by atoms with Gasteiger partial charge in [0.2, 0.25) is 0 Å². The highest BCUT2D eigenvalue weighted by molar-refractivity contribution is 6.03. The van der Waals surface area contributed by atoms with Gasteiger partial charge in [-0.05, 0) is 40.2 Å². The number of halogens is 1. The van der Waals surface area contributed by atoms with E-state index in [1.54, 1.807) is 11.1 Å². The first-order valence-electron chi connectivity index (χ1n) is 11.9. The van der Waals surface area contributed by atoms with Crippen LogP contribution in [-0.2, 0) is 11.2 Å². The van der Waals surface area contributed by atoms with Crippen molar-refractivity contribution in [3.05, 3.63) is 42.2 Å². The van der Waals surface area contributed by atoms with E-state index in [0.717, 1.165) is 11.3 Å². The highest BCUT2D eigenvalue weighted by atomic mass is 19.1. The summed E-state index contributed by atoms with van der Waals surface area (Å²) in [7, 11) is 0. The smallest absolute Gasteiger partial charge is 0.410 e. The van der Waals surface area contributed by atoms with Gasteiger partial charge in [0.15, 0.2) is 11.5 Å². The Kier molecular flexibility index (Phi) is 5.89. The second kappa shape index (κ2) is 8.92. The Labute approximate surface area is 207 Å². The fourth-order valence-corrected chi connectivity index (χ4v) is 4.65. The number of rotatable bonds is 2. The maximum atomic E-state index is 14.5. The molecule has 0 spiro atoms. The van der Waals surface area contributed by atoms with Gasteiger partial charge in [0.1, 0.15) is 17.7 Å². The van der Waals surface area contributed by atoms with Crippen LogP contribution in [0.2, 0.25) is 0 Å². The molecule has 5 rings (SSSR count). The molecule has 3 amide bonds. The van der Waals surface area contributed by atoms with Crippen LogP contribution in [0.4, 0.5) is 31.2 Å². The number of amides is 3. The summed E-state index contributed by atoms with van der Waals surface area (Å²) in [5, 5.41) is 6.62. The van der Waals surface area contributed by atoms with Gasteiger partial charge in [-0.25, -0.2) is 28.5 Å². The second-order valence-electron chi connectivity index (χ2n) is 10.0. The van der Waals surface area contributed by atoms with Gasteiger partial charge < -0.3 is 19.9 Å². The molecule has 2 aliphatic rings. The van der Waals surface area contributed by atoms with Crippen LogP contribution in [0.1, 0.15) is 33.3 Å². The number of urea groups is 1. The number of piperazine rings is 1. The molecule has 1 atom stereocenters. The predicted molar refractivity (Wildman–Crippen MR) is 132 cm³/mol. The van der Waals surface area contributed by atoms with Crippen LogP contribution < -0.4 is 15.1 Å². The molecule has 5 heterocycles. The van der Waals surface area contributed by atoms with Crippen LogP contribution in [0.3, 0.4) is 0 Å². The largest absolute Gasteiger partial charge is 0.444 e. The molecule has 1 N–H and O–H groups in total. The molecule has 190 valence electrons. The Balaban J connectivity index is 1.31. The Bertz CT molecular complexity index is 1320. The van der Waals surface area contributed by atoms with E-state index >= 15 is 0 Å². The van der Waals surface area contributed by atoms with Gasteiger partial charge in [-0.2, -0.15) is 5.10 Å². The van der Waals surface area contributed by atoms with Crippen molar-refractivity contribution in [3.8, 4) is 0 Å². The van der Waals surface area contributed by atoms with E-state index in [9.17, 15) is 14.0 Å². The van der Waals surface area contributed by atoms with E-state index in [1.807, 2.05) is 33.8 Å². The Hall–Kier alpha value is -3.96. The quantitative estimate of drug-likeness (QED) is 0.580. The molecule has 0 saturated carbocycles.